The summed E-state index contributed by atoms with van der Waals surface area (Å²) in [6, 6.07) is 8.59. The topological polar surface area (TPSA) is 0 Å². The average molecular weight is 208 g/mol. The first-order valence-corrected chi connectivity index (χ1v) is 6.01. The van der Waals surface area contributed by atoms with E-state index in [2.05, 4.69) is 44.7 Å². The number of thiol groups is 1. The first kappa shape index (κ1) is 11.6. The zero-order valence-electron chi connectivity index (χ0n) is 9.16. The van der Waals surface area contributed by atoms with E-state index in [9.17, 15) is 0 Å². The summed E-state index contributed by atoms with van der Waals surface area (Å²) in [4.78, 5) is 1.08. The summed E-state index contributed by atoms with van der Waals surface area (Å²) in [5.74, 6) is 0.733. The quantitative estimate of drug-likeness (QED) is 0.668. The van der Waals surface area contributed by atoms with Gasteiger partial charge in [0.2, 0.25) is 0 Å². The summed E-state index contributed by atoms with van der Waals surface area (Å²) >= 11 is 4.38. The zero-order chi connectivity index (χ0) is 10.4. The van der Waals surface area contributed by atoms with Crippen molar-refractivity contribution in [2.24, 2.45) is 0 Å². The van der Waals surface area contributed by atoms with Gasteiger partial charge in [-0.15, -0.1) is 12.6 Å². The van der Waals surface area contributed by atoms with Gasteiger partial charge in [-0.2, -0.15) is 0 Å². The third-order valence-electron chi connectivity index (χ3n) is 2.62. The fourth-order valence-electron chi connectivity index (χ4n) is 1.95. The molecule has 0 atom stereocenters. The molecule has 0 aliphatic heterocycles. The summed E-state index contributed by atoms with van der Waals surface area (Å²) in [6.45, 7) is 4.51. The molecule has 0 bridgehead atoms. The molecule has 0 saturated carbocycles. The molecule has 0 radical (unpaired) electrons. The van der Waals surface area contributed by atoms with Gasteiger partial charge in [0.15, 0.2) is 0 Å². The van der Waals surface area contributed by atoms with Crippen molar-refractivity contribution < 1.29 is 0 Å². The molecule has 0 N–H and O–H groups in total. The van der Waals surface area contributed by atoms with E-state index in [-0.39, 0.29) is 0 Å². The van der Waals surface area contributed by atoms with Gasteiger partial charge in [0.1, 0.15) is 0 Å². The minimum absolute atomic E-state index is 0.733. The molecule has 0 heterocycles. The summed E-state index contributed by atoms with van der Waals surface area (Å²) in [6.07, 6.45) is 5.12. The van der Waals surface area contributed by atoms with Crippen molar-refractivity contribution in [2.75, 3.05) is 0 Å². The summed E-state index contributed by atoms with van der Waals surface area (Å²) in [5, 5.41) is 0. The van der Waals surface area contributed by atoms with Crippen LogP contribution in [0.3, 0.4) is 0 Å². The van der Waals surface area contributed by atoms with E-state index in [1.807, 2.05) is 6.07 Å². The van der Waals surface area contributed by atoms with Crippen LogP contribution in [0.2, 0.25) is 0 Å². The van der Waals surface area contributed by atoms with E-state index in [1.54, 1.807) is 0 Å². The fourth-order valence-corrected chi connectivity index (χ4v) is 2.19. The van der Waals surface area contributed by atoms with Crippen molar-refractivity contribution in [3.05, 3.63) is 29.8 Å². The molecular formula is C13H20S. The molecule has 0 aromatic heterocycles. The highest BCUT2D eigenvalue weighted by Gasteiger charge is 2.09. The van der Waals surface area contributed by atoms with Gasteiger partial charge in [-0.05, 0) is 36.5 Å². The maximum absolute atomic E-state index is 4.38. The van der Waals surface area contributed by atoms with Crippen LogP contribution in [-0.2, 0) is 0 Å². The van der Waals surface area contributed by atoms with E-state index in [0.717, 1.165) is 10.8 Å². The van der Waals surface area contributed by atoms with Gasteiger partial charge >= 0.3 is 0 Å². The molecule has 1 aromatic rings. The molecule has 0 unspecified atom stereocenters. The summed E-state index contributed by atoms with van der Waals surface area (Å²) in [7, 11) is 0. The van der Waals surface area contributed by atoms with Crippen LogP contribution in [0, 0.1) is 0 Å². The van der Waals surface area contributed by atoms with Crippen LogP contribution < -0.4 is 0 Å². The first-order chi connectivity index (χ1) is 6.77. The first-order valence-electron chi connectivity index (χ1n) is 5.56. The monoisotopic (exact) mass is 208 g/mol. The molecule has 0 aliphatic carbocycles. The minimum atomic E-state index is 0.733. The zero-order valence-corrected chi connectivity index (χ0v) is 10.1. The van der Waals surface area contributed by atoms with E-state index < -0.39 is 0 Å². The van der Waals surface area contributed by atoms with Crippen molar-refractivity contribution in [2.45, 2.75) is 50.3 Å². The smallest absolute Gasteiger partial charge is 0.00428 e. The van der Waals surface area contributed by atoms with E-state index in [1.165, 1.54) is 31.2 Å². The highest BCUT2D eigenvalue weighted by atomic mass is 32.1. The lowest BCUT2D eigenvalue weighted by molar-refractivity contribution is 0.560. The molecule has 0 fully saturated rings. The van der Waals surface area contributed by atoms with Gasteiger partial charge in [0.25, 0.3) is 0 Å². The molecule has 0 saturated heterocycles. The van der Waals surface area contributed by atoms with Crippen LogP contribution in [0.25, 0.3) is 0 Å². The second kappa shape index (κ2) is 6.13. The second-order valence-corrected chi connectivity index (χ2v) is 4.39. The van der Waals surface area contributed by atoms with E-state index >= 15 is 0 Å². The Balaban J connectivity index is 2.75. The molecule has 78 valence electrons. The third kappa shape index (κ3) is 3.38. The minimum Gasteiger partial charge on any atom is -0.143 e. The number of benzene rings is 1. The van der Waals surface area contributed by atoms with Gasteiger partial charge in [0.05, 0.1) is 0 Å². The largest absolute Gasteiger partial charge is 0.143 e. The molecular weight excluding hydrogens is 188 g/mol. The highest BCUT2D eigenvalue weighted by molar-refractivity contribution is 7.80. The lowest BCUT2D eigenvalue weighted by Crippen LogP contribution is -1.97. The Hall–Kier alpha value is -0.430. The Morgan fingerprint density at radius 2 is 1.79 bits per heavy atom. The normalized spacial score (nSPS) is 10.9. The van der Waals surface area contributed by atoms with Gasteiger partial charge in [0, 0.05) is 4.90 Å². The Morgan fingerprint density at radius 3 is 2.29 bits per heavy atom. The molecule has 0 nitrogen and oxygen atoms in total. The van der Waals surface area contributed by atoms with Crippen LogP contribution in [0.15, 0.2) is 29.2 Å². The Labute approximate surface area is 93.1 Å². The fraction of sp³-hybridized carbons (Fsp3) is 0.538. The SMILES string of the molecule is CCCC(CCC)c1cccc(S)c1. The Kier molecular flexibility index (Phi) is 5.10. The maximum atomic E-state index is 4.38. The van der Waals surface area contributed by atoms with E-state index in [0.29, 0.717) is 0 Å². The molecule has 1 rings (SSSR count). The molecule has 0 spiro atoms. The van der Waals surface area contributed by atoms with Crippen molar-refractivity contribution >= 4 is 12.6 Å². The molecule has 0 aliphatic rings. The van der Waals surface area contributed by atoms with Gasteiger partial charge in [-0.1, -0.05) is 38.8 Å². The van der Waals surface area contributed by atoms with Crippen LogP contribution >= 0.6 is 12.6 Å². The van der Waals surface area contributed by atoms with E-state index in [4.69, 9.17) is 0 Å². The average Bonchev–Trinajstić information content (AvgIpc) is 2.17. The van der Waals surface area contributed by atoms with Crippen molar-refractivity contribution in [1.29, 1.82) is 0 Å². The van der Waals surface area contributed by atoms with Crippen molar-refractivity contribution in [3.63, 3.8) is 0 Å². The molecule has 1 heteroatoms. The number of rotatable bonds is 5. The molecule has 14 heavy (non-hydrogen) atoms. The molecule has 0 amide bonds. The van der Waals surface area contributed by atoms with Crippen LogP contribution in [-0.4, -0.2) is 0 Å². The van der Waals surface area contributed by atoms with Gasteiger partial charge < -0.3 is 0 Å². The van der Waals surface area contributed by atoms with Crippen molar-refractivity contribution in [1.82, 2.24) is 0 Å². The van der Waals surface area contributed by atoms with Gasteiger partial charge in [-0.25, -0.2) is 0 Å². The highest BCUT2D eigenvalue weighted by Crippen LogP contribution is 2.27. The van der Waals surface area contributed by atoms with Crippen molar-refractivity contribution in [3.8, 4) is 0 Å². The standard InChI is InChI=1S/C13H20S/c1-3-6-11(7-4-2)12-8-5-9-13(14)10-12/h5,8-11,14H,3-4,6-7H2,1-2H3. The Bertz CT molecular complexity index is 262. The maximum Gasteiger partial charge on any atom is 0.00428 e. The number of hydrogen-bond acceptors (Lipinski definition) is 1. The predicted octanol–water partition coefficient (Wildman–Crippen LogP) is 4.66. The summed E-state index contributed by atoms with van der Waals surface area (Å²) < 4.78 is 0. The third-order valence-corrected chi connectivity index (χ3v) is 2.89. The Morgan fingerprint density at radius 1 is 1.14 bits per heavy atom. The summed E-state index contributed by atoms with van der Waals surface area (Å²) in [5.41, 5.74) is 1.46. The number of hydrogen-bond donors (Lipinski definition) is 1. The lowest BCUT2D eigenvalue weighted by Gasteiger charge is -2.15. The van der Waals surface area contributed by atoms with Gasteiger partial charge in [-0.3, -0.25) is 0 Å². The lowest BCUT2D eigenvalue weighted by atomic mass is 9.90. The van der Waals surface area contributed by atoms with Crippen LogP contribution in [0.1, 0.15) is 51.0 Å². The second-order valence-electron chi connectivity index (χ2n) is 3.87. The predicted molar refractivity (Wildman–Crippen MR) is 66.3 cm³/mol. The van der Waals surface area contributed by atoms with Crippen LogP contribution in [0.4, 0.5) is 0 Å². The molecule has 1 aromatic carbocycles. The van der Waals surface area contributed by atoms with Crippen LogP contribution in [0.5, 0.6) is 0 Å².